The molecule has 0 aromatic heterocycles. The predicted molar refractivity (Wildman–Crippen MR) is 61.7 cm³/mol. The van der Waals surface area contributed by atoms with Gasteiger partial charge in [-0.05, 0) is 32.1 Å². The van der Waals surface area contributed by atoms with Crippen LogP contribution < -0.4 is 0 Å². The molecule has 1 saturated carbocycles. The minimum atomic E-state index is 0.0205. The fraction of sp³-hybridized carbons (Fsp3) is 0.769. The van der Waals surface area contributed by atoms with Crippen LogP contribution in [0.2, 0.25) is 0 Å². The molecule has 3 heteroatoms. The first-order chi connectivity index (χ1) is 7.72. The van der Waals surface area contributed by atoms with E-state index < -0.39 is 0 Å². The minimum Gasteiger partial charge on any atom is -0.378 e. The average molecular weight is 221 g/mol. The molecule has 0 spiro atoms. The van der Waals surface area contributed by atoms with Crippen LogP contribution in [0.15, 0.2) is 0 Å². The minimum absolute atomic E-state index is 0.0205. The molecule has 0 N–H and O–H groups in total. The predicted octanol–water partition coefficient (Wildman–Crippen LogP) is 1.28. The summed E-state index contributed by atoms with van der Waals surface area (Å²) in [6, 6.07) is 0. The maximum Gasteiger partial charge on any atom is 0.229 e. The molecule has 1 aliphatic heterocycles. The second kappa shape index (κ2) is 4.88. The van der Waals surface area contributed by atoms with Gasteiger partial charge in [0.15, 0.2) is 0 Å². The van der Waals surface area contributed by atoms with E-state index in [1.165, 1.54) is 12.8 Å². The third-order valence-corrected chi connectivity index (χ3v) is 3.46. The van der Waals surface area contributed by atoms with E-state index in [1.54, 1.807) is 0 Å². The lowest BCUT2D eigenvalue weighted by molar-refractivity contribution is -0.136. The molecule has 2 atom stereocenters. The monoisotopic (exact) mass is 221 g/mol. The van der Waals surface area contributed by atoms with Crippen LogP contribution in [-0.4, -0.2) is 36.6 Å². The maximum absolute atomic E-state index is 12.3. The summed E-state index contributed by atoms with van der Waals surface area (Å²) in [5.74, 6) is 3.48. The van der Waals surface area contributed by atoms with Crippen LogP contribution in [0, 0.1) is 24.2 Å². The zero-order valence-electron chi connectivity index (χ0n) is 9.82. The van der Waals surface area contributed by atoms with Gasteiger partial charge in [0.1, 0.15) is 0 Å². The second-order valence-electron chi connectivity index (χ2n) is 4.84. The fourth-order valence-corrected chi connectivity index (χ4v) is 2.25. The standard InChI is InChI=1S/C13H19NO2/c1-3-7-14(9-11-4-5-11)13(15)12-6-8-16-10(12)2/h1,10-12H,4-9H2,2H3. The van der Waals surface area contributed by atoms with Gasteiger partial charge in [0.05, 0.1) is 18.6 Å². The number of ether oxygens (including phenoxy) is 1. The van der Waals surface area contributed by atoms with Gasteiger partial charge in [0.2, 0.25) is 5.91 Å². The highest BCUT2D eigenvalue weighted by molar-refractivity contribution is 5.80. The molecule has 2 aliphatic rings. The molecule has 1 saturated heterocycles. The Labute approximate surface area is 97.1 Å². The number of terminal acetylenes is 1. The lowest BCUT2D eigenvalue weighted by atomic mass is 10.0. The molecule has 1 heterocycles. The van der Waals surface area contributed by atoms with Gasteiger partial charge in [0, 0.05) is 13.2 Å². The third kappa shape index (κ3) is 2.56. The Balaban J connectivity index is 1.95. The van der Waals surface area contributed by atoms with Crippen molar-refractivity contribution in [2.45, 2.75) is 32.3 Å². The van der Waals surface area contributed by atoms with Crippen molar-refractivity contribution in [3.05, 3.63) is 0 Å². The Bertz CT molecular complexity index is 304. The summed E-state index contributed by atoms with van der Waals surface area (Å²) in [6.45, 7) is 3.95. The number of carbonyl (C=O) groups is 1. The van der Waals surface area contributed by atoms with E-state index in [0.29, 0.717) is 19.1 Å². The Hall–Kier alpha value is -1.01. The molecule has 16 heavy (non-hydrogen) atoms. The number of nitrogens with zero attached hydrogens (tertiary/aromatic N) is 1. The van der Waals surface area contributed by atoms with Crippen LogP contribution in [-0.2, 0) is 9.53 Å². The van der Waals surface area contributed by atoms with Crippen molar-refractivity contribution in [2.75, 3.05) is 19.7 Å². The summed E-state index contributed by atoms with van der Waals surface area (Å²) in [5.41, 5.74) is 0. The van der Waals surface area contributed by atoms with Gasteiger partial charge in [-0.1, -0.05) is 5.92 Å². The Morgan fingerprint density at radius 1 is 1.50 bits per heavy atom. The molecule has 1 amide bonds. The Morgan fingerprint density at radius 3 is 2.75 bits per heavy atom. The van der Waals surface area contributed by atoms with Crippen LogP contribution in [0.5, 0.6) is 0 Å². The van der Waals surface area contributed by atoms with Crippen LogP contribution in [0.3, 0.4) is 0 Å². The van der Waals surface area contributed by atoms with Crippen LogP contribution in [0.4, 0.5) is 0 Å². The second-order valence-corrected chi connectivity index (χ2v) is 4.84. The SMILES string of the molecule is C#CCN(CC1CC1)C(=O)C1CCOC1C. The fourth-order valence-electron chi connectivity index (χ4n) is 2.25. The molecule has 0 bridgehead atoms. The molecule has 88 valence electrons. The van der Waals surface area contributed by atoms with Gasteiger partial charge in [-0.25, -0.2) is 0 Å². The number of amides is 1. The van der Waals surface area contributed by atoms with Gasteiger partial charge in [-0.3, -0.25) is 4.79 Å². The summed E-state index contributed by atoms with van der Waals surface area (Å²) >= 11 is 0. The van der Waals surface area contributed by atoms with E-state index in [-0.39, 0.29) is 17.9 Å². The number of rotatable bonds is 4. The number of hydrogen-bond donors (Lipinski definition) is 0. The van der Waals surface area contributed by atoms with Crippen molar-refractivity contribution < 1.29 is 9.53 Å². The third-order valence-electron chi connectivity index (χ3n) is 3.46. The molecular formula is C13H19NO2. The quantitative estimate of drug-likeness (QED) is 0.669. The number of hydrogen-bond acceptors (Lipinski definition) is 2. The highest BCUT2D eigenvalue weighted by atomic mass is 16.5. The first kappa shape index (κ1) is 11.5. The summed E-state index contributed by atoms with van der Waals surface area (Å²) in [6.07, 6.45) is 8.69. The highest BCUT2D eigenvalue weighted by Gasteiger charge is 2.35. The topological polar surface area (TPSA) is 29.5 Å². The molecule has 2 rings (SSSR count). The largest absolute Gasteiger partial charge is 0.378 e. The van der Waals surface area contributed by atoms with Crippen molar-refractivity contribution in [2.24, 2.45) is 11.8 Å². The summed E-state index contributed by atoms with van der Waals surface area (Å²) in [7, 11) is 0. The lowest BCUT2D eigenvalue weighted by Crippen LogP contribution is -2.40. The molecular weight excluding hydrogens is 202 g/mol. The zero-order chi connectivity index (χ0) is 11.5. The van der Waals surface area contributed by atoms with Crippen molar-refractivity contribution in [1.29, 1.82) is 0 Å². The van der Waals surface area contributed by atoms with Gasteiger partial charge < -0.3 is 9.64 Å². The Morgan fingerprint density at radius 2 is 2.25 bits per heavy atom. The van der Waals surface area contributed by atoms with E-state index in [1.807, 2.05) is 11.8 Å². The van der Waals surface area contributed by atoms with Gasteiger partial charge in [-0.15, -0.1) is 6.42 Å². The first-order valence-corrected chi connectivity index (χ1v) is 6.06. The first-order valence-electron chi connectivity index (χ1n) is 6.06. The van der Waals surface area contributed by atoms with E-state index in [9.17, 15) is 4.79 Å². The van der Waals surface area contributed by atoms with Crippen molar-refractivity contribution in [3.63, 3.8) is 0 Å². The maximum atomic E-state index is 12.3. The van der Waals surface area contributed by atoms with Crippen LogP contribution >= 0.6 is 0 Å². The van der Waals surface area contributed by atoms with Gasteiger partial charge >= 0.3 is 0 Å². The zero-order valence-corrected chi connectivity index (χ0v) is 9.82. The summed E-state index contributed by atoms with van der Waals surface area (Å²) in [5, 5.41) is 0. The molecule has 3 nitrogen and oxygen atoms in total. The van der Waals surface area contributed by atoms with E-state index in [4.69, 9.17) is 11.2 Å². The van der Waals surface area contributed by atoms with Crippen molar-refractivity contribution >= 4 is 5.91 Å². The normalized spacial score (nSPS) is 28.8. The molecule has 0 aromatic carbocycles. The summed E-state index contributed by atoms with van der Waals surface area (Å²) in [4.78, 5) is 14.1. The molecule has 2 fully saturated rings. The smallest absolute Gasteiger partial charge is 0.229 e. The van der Waals surface area contributed by atoms with E-state index in [0.717, 1.165) is 13.0 Å². The lowest BCUT2D eigenvalue weighted by Gasteiger charge is -2.24. The van der Waals surface area contributed by atoms with E-state index >= 15 is 0 Å². The Kier molecular flexibility index (Phi) is 3.50. The average Bonchev–Trinajstić information content (AvgIpc) is 2.98. The molecule has 0 radical (unpaired) electrons. The van der Waals surface area contributed by atoms with Gasteiger partial charge in [-0.2, -0.15) is 0 Å². The molecule has 1 aliphatic carbocycles. The van der Waals surface area contributed by atoms with E-state index in [2.05, 4.69) is 5.92 Å². The number of carbonyl (C=O) groups excluding carboxylic acids is 1. The molecule has 2 unspecified atom stereocenters. The highest BCUT2D eigenvalue weighted by Crippen LogP contribution is 2.31. The van der Waals surface area contributed by atoms with Crippen molar-refractivity contribution in [1.82, 2.24) is 4.90 Å². The van der Waals surface area contributed by atoms with Crippen molar-refractivity contribution in [3.8, 4) is 12.3 Å². The molecule has 0 aromatic rings. The van der Waals surface area contributed by atoms with Gasteiger partial charge in [0.25, 0.3) is 0 Å². The van der Waals surface area contributed by atoms with Crippen LogP contribution in [0.1, 0.15) is 26.2 Å². The van der Waals surface area contributed by atoms with Crippen LogP contribution in [0.25, 0.3) is 0 Å². The summed E-state index contributed by atoms with van der Waals surface area (Å²) < 4.78 is 5.44.